The summed E-state index contributed by atoms with van der Waals surface area (Å²) in [6.07, 6.45) is 5.76. The molecule has 31 heavy (non-hydrogen) atoms. The van der Waals surface area contributed by atoms with Gasteiger partial charge in [0.1, 0.15) is 5.69 Å². The number of carboxylic acids is 1. The number of rotatable bonds is 4. The van der Waals surface area contributed by atoms with Crippen LogP contribution in [-0.2, 0) is 20.0 Å². The van der Waals surface area contributed by atoms with E-state index in [0.717, 1.165) is 52.7 Å². The third-order valence-corrected chi connectivity index (χ3v) is 6.09. The SMILES string of the molecule is Cn1cc(-c2cc3c(cc2Cl)N(Cc2nc(C(=O)O)cc4ccccc24)CCC3)cn1. The number of benzene rings is 2. The Morgan fingerprint density at radius 1 is 1.23 bits per heavy atom. The van der Waals surface area contributed by atoms with E-state index >= 15 is 0 Å². The van der Waals surface area contributed by atoms with Crippen LogP contribution in [0.1, 0.15) is 28.2 Å². The van der Waals surface area contributed by atoms with Crippen molar-refractivity contribution >= 4 is 34.0 Å². The Labute approximate surface area is 184 Å². The van der Waals surface area contributed by atoms with Crippen molar-refractivity contribution in [1.29, 1.82) is 0 Å². The van der Waals surface area contributed by atoms with Gasteiger partial charge in [0.15, 0.2) is 0 Å². The lowest BCUT2D eigenvalue weighted by atomic mass is 9.96. The highest BCUT2D eigenvalue weighted by Gasteiger charge is 2.22. The van der Waals surface area contributed by atoms with E-state index < -0.39 is 5.97 Å². The zero-order chi connectivity index (χ0) is 21.5. The molecule has 5 rings (SSSR count). The van der Waals surface area contributed by atoms with Crippen molar-refractivity contribution in [2.45, 2.75) is 19.4 Å². The van der Waals surface area contributed by atoms with Gasteiger partial charge < -0.3 is 10.0 Å². The van der Waals surface area contributed by atoms with E-state index in [0.29, 0.717) is 11.6 Å². The van der Waals surface area contributed by atoms with Gasteiger partial charge in [-0.2, -0.15) is 5.10 Å². The van der Waals surface area contributed by atoms with Gasteiger partial charge in [0.05, 0.1) is 23.5 Å². The number of anilines is 1. The maximum atomic E-state index is 11.6. The highest BCUT2D eigenvalue weighted by atomic mass is 35.5. The summed E-state index contributed by atoms with van der Waals surface area (Å²) in [5.74, 6) is -1.02. The van der Waals surface area contributed by atoms with Crippen LogP contribution in [0.3, 0.4) is 0 Å². The van der Waals surface area contributed by atoms with E-state index in [1.807, 2.05) is 49.8 Å². The monoisotopic (exact) mass is 432 g/mol. The van der Waals surface area contributed by atoms with Crippen molar-refractivity contribution in [3.05, 3.63) is 76.8 Å². The third kappa shape index (κ3) is 3.64. The van der Waals surface area contributed by atoms with Gasteiger partial charge in [0, 0.05) is 42.0 Å². The Morgan fingerprint density at radius 2 is 2.06 bits per heavy atom. The largest absolute Gasteiger partial charge is 0.477 e. The second-order valence-corrected chi connectivity index (χ2v) is 8.28. The van der Waals surface area contributed by atoms with Crippen molar-refractivity contribution < 1.29 is 9.90 Å². The molecule has 0 radical (unpaired) electrons. The lowest BCUT2D eigenvalue weighted by Gasteiger charge is -2.32. The van der Waals surface area contributed by atoms with Gasteiger partial charge in [-0.3, -0.25) is 4.68 Å². The van der Waals surface area contributed by atoms with Crippen LogP contribution in [-0.4, -0.2) is 32.4 Å². The van der Waals surface area contributed by atoms with E-state index in [2.05, 4.69) is 21.0 Å². The minimum Gasteiger partial charge on any atom is -0.477 e. The molecule has 3 heterocycles. The number of halogens is 1. The Balaban J connectivity index is 1.56. The first kappa shape index (κ1) is 19.6. The molecule has 0 aliphatic carbocycles. The molecule has 1 aliphatic rings. The maximum Gasteiger partial charge on any atom is 0.354 e. The molecule has 6 nitrogen and oxygen atoms in total. The molecule has 2 aromatic heterocycles. The summed E-state index contributed by atoms with van der Waals surface area (Å²) in [6.45, 7) is 1.39. The number of carboxylic acid groups (broad SMARTS) is 1. The lowest BCUT2D eigenvalue weighted by molar-refractivity contribution is 0.0690. The first-order valence-corrected chi connectivity index (χ1v) is 10.6. The molecule has 0 atom stereocenters. The van der Waals surface area contributed by atoms with Crippen molar-refractivity contribution in [2.24, 2.45) is 7.05 Å². The molecule has 7 heteroatoms. The molecular formula is C24H21ClN4O2. The summed E-state index contributed by atoms with van der Waals surface area (Å²) in [4.78, 5) is 18.3. The fraction of sp³-hybridized carbons (Fsp3) is 0.208. The van der Waals surface area contributed by atoms with E-state index in [1.165, 1.54) is 5.56 Å². The smallest absolute Gasteiger partial charge is 0.354 e. The first-order valence-electron chi connectivity index (χ1n) is 10.2. The quantitative estimate of drug-likeness (QED) is 0.494. The molecule has 4 aromatic rings. The van der Waals surface area contributed by atoms with Gasteiger partial charge >= 0.3 is 5.97 Å². The van der Waals surface area contributed by atoms with Crippen LogP contribution in [0, 0.1) is 0 Å². The number of carbonyl (C=O) groups is 1. The van der Waals surface area contributed by atoms with Gasteiger partial charge in [-0.15, -0.1) is 0 Å². The van der Waals surface area contributed by atoms with Crippen LogP contribution in [0.2, 0.25) is 5.02 Å². The topological polar surface area (TPSA) is 71.2 Å². The van der Waals surface area contributed by atoms with Crippen molar-refractivity contribution in [1.82, 2.24) is 14.8 Å². The molecule has 1 N–H and O–H groups in total. The van der Waals surface area contributed by atoms with Crippen molar-refractivity contribution in [3.63, 3.8) is 0 Å². The molecule has 0 unspecified atom stereocenters. The van der Waals surface area contributed by atoms with Gasteiger partial charge in [-0.05, 0) is 42.0 Å². The van der Waals surface area contributed by atoms with Gasteiger partial charge in [0.2, 0.25) is 0 Å². The summed E-state index contributed by atoms with van der Waals surface area (Å²) >= 11 is 6.68. The predicted octanol–water partition coefficient (Wildman–Crippen LogP) is 4.94. The number of aromatic carboxylic acids is 1. The standard InChI is InChI=1S/C24H21ClN4O2/c1-28-13-17(12-26-28)19-9-16-6-4-8-29(23(16)11-20(19)25)14-22-18-7-3-2-5-15(18)10-21(27-22)24(30)31/h2-3,5,7,9-13H,4,6,8,14H2,1H3,(H,30,31). The molecule has 0 bridgehead atoms. The maximum absolute atomic E-state index is 11.6. The molecule has 0 fully saturated rings. The highest BCUT2D eigenvalue weighted by molar-refractivity contribution is 6.33. The predicted molar refractivity (Wildman–Crippen MR) is 122 cm³/mol. The Bertz CT molecular complexity index is 1310. The fourth-order valence-electron chi connectivity index (χ4n) is 4.31. The van der Waals surface area contributed by atoms with E-state index in [-0.39, 0.29) is 5.69 Å². The minimum absolute atomic E-state index is 0.0656. The van der Waals surface area contributed by atoms with Crippen LogP contribution >= 0.6 is 11.6 Å². The van der Waals surface area contributed by atoms with Crippen LogP contribution in [0.5, 0.6) is 0 Å². The second-order valence-electron chi connectivity index (χ2n) is 7.87. The van der Waals surface area contributed by atoms with Crippen LogP contribution < -0.4 is 4.90 Å². The van der Waals surface area contributed by atoms with Crippen molar-refractivity contribution in [3.8, 4) is 11.1 Å². The van der Waals surface area contributed by atoms with Crippen molar-refractivity contribution in [2.75, 3.05) is 11.4 Å². The minimum atomic E-state index is -1.02. The van der Waals surface area contributed by atoms with Gasteiger partial charge in [0.25, 0.3) is 0 Å². The highest BCUT2D eigenvalue weighted by Crippen LogP contribution is 2.38. The summed E-state index contributed by atoms with van der Waals surface area (Å²) in [6, 6.07) is 13.6. The summed E-state index contributed by atoms with van der Waals surface area (Å²) in [7, 11) is 1.89. The zero-order valence-corrected chi connectivity index (χ0v) is 17.8. The number of aromatic nitrogens is 3. The number of pyridine rings is 1. The number of hydrogen-bond donors (Lipinski definition) is 1. The first-order chi connectivity index (χ1) is 15.0. The second kappa shape index (κ2) is 7.71. The number of aryl methyl sites for hydroxylation is 2. The van der Waals surface area contributed by atoms with Crippen LogP contribution in [0.25, 0.3) is 21.9 Å². The molecule has 2 aromatic carbocycles. The summed E-state index contributed by atoms with van der Waals surface area (Å²) < 4.78 is 1.77. The average molecular weight is 433 g/mol. The third-order valence-electron chi connectivity index (χ3n) is 5.78. The Morgan fingerprint density at radius 3 is 2.84 bits per heavy atom. The number of nitrogens with zero attached hydrogens (tertiary/aromatic N) is 4. The number of hydrogen-bond acceptors (Lipinski definition) is 4. The van der Waals surface area contributed by atoms with E-state index in [1.54, 1.807) is 10.7 Å². The lowest BCUT2D eigenvalue weighted by Crippen LogP contribution is -2.29. The van der Waals surface area contributed by atoms with Crippen LogP contribution in [0.15, 0.2) is 54.9 Å². The average Bonchev–Trinajstić information content (AvgIpc) is 3.19. The van der Waals surface area contributed by atoms with Gasteiger partial charge in [-0.1, -0.05) is 35.9 Å². The molecular weight excluding hydrogens is 412 g/mol. The van der Waals surface area contributed by atoms with E-state index in [9.17, 15) is 9.90 Å². The molecule has 156 valence electrons. The Hall–Kier alpha value is -3.38. The molecule has 0 amide bonds. The Kier molecular flexibility index (Phi) is 4.87. The molecule has 0 spiro atoms. The van der Waals surface area contributed by atoms with Crippen LogP contribution in [0.4, 0.5) is 5.69 Å². The fourth-order valence-corrected chi connectivity index (χ4v) is 4.58. The summed E-state index contributed by atoms with van der Waals surface area (Å²) in [5.41, 5.74) is 5.11. The normalized spacial score (nSPS) is 13.4. The molecule has 0 saturated heterocycles. The van der Waals surface area contributed by atoms with Gasteiger partial charge in [-0.25, -0.2) is 9.78 Å². The molecule has 0 saturated carbocycles. The molecule has 1 aliphatic heterocycles. The summed E-state index contributed by atoms with van der Waals surface area (Å²) in [5, 5.41) is 16.3. The number of fused-ring (bicyclic) bond motifs is 2. The van der Waals surface area contributed by atoms with E-state index in [4.69, 9.17) is 11.6 Å². The zero-order valence-electron chi connectivity index (χ0n) is 17.0.